The zero-order chi connectivity index (χ0) is 12.0. The number of rotatable bonds is 7. The molecule has 1 unspecified atom stereocenters. The lowest BCUT2D eigenvalue weighted by molar-refractivity contribution is -0.139. The van der Waals surface area contributed by atoms with Gasteiger partial charge in [-0.2, -0.15) is 5.10 Å². The molecule has 0 bridgehead atoms. The zero-order valence-corrected chi connectivity index (χ0v) is 10.0. The highest BCUT2D eigenvalue weighted by Crippen LogP contribution is 2.21. The average Bonchev–Trinajstić information content (AvgIpc) is 2.67. The largest absolute Gasteiger partial charge is 0.481 e. The summed E-state index contributed by atoms with van der Waals surface area (Å²) in [6.45, 7) is 4.99. The molecule has 90 valence electrons. The fourth-order valence-corrected chi connectivity index (χ4v) is 1.75. The fourth-order valence-electron chi connectivity index (χ4n) is 1.75. The van der Waals surface area contributed by atoms with Crippen LogP contribution in [0.5, 0.6) is 0 Å². The topological polar surface area (TPSA) is 55.1 Å². The zero-order valence-electron chi connectivity index (χ0n) is 10.0. The Balaban J connectivity index is 2.71. The summed E-state index contributed by atoms with van der Waals surface area (Å²) in [5.74, 6) is -1.14. The summed E-state index contributed by atoms with van der Waals surface area (Å²) in [6.07, 6.45) is 7.21. The van der Waals surface area contributed by atoms with Crippen LogP contribution in [0.3, 0.4) is 0 Å². The van der Waals surface area contributed by atoms with Crippen molar-refractivity contribution in [3.05, 3.63) is 18.0 Å². The molecule has 0 aromatic carbocycles. The summed E-state index contributed by atoms with van der Waals surface area (Å²) < 4.78 is 1.82. The van der Waals surface area contributed by atoms with Crippen molar-refractivity contribution in [3.8, 4) is 0 Å². The monoisotopic (exact) mass is 224 g/mol. The number of carboxylic acids is 1. The third kappa shape index (κ3) is 3.36. The van der Waals surface area contributed by atoms with Crippen LogP contribution in [-0.2, 0) is 11.3 Å². The van der Waals surface area contributed by atoms with Gasteiger partial charge in [0.1, 0.15) is 0 Å². The molecular formula is C12H20N2O2. The van der Waals surface area contributed by atoms with Gasteiger partial charge < -0.3 is 5.11 Å². The van der Waals surface area contributed by atoms with Crippen LogP contribution in [0, 0.1) is 0 Å². The molecule has 16 heavy (non-hydrogen) atoms. The van der Waals surface area contributed by atoms with Crippen LogP contribution in [0.1, 0.15) is 51.0 Å². The van der Waals surface area contributed by atoms with E-state index in [1.807, 2.05) is 10.9 Å². The number of hydrogen-bond donors (Lipinski definition) is 1. The third-order valence-corrected chi connectivity index (χ3v) is 2.65. The Morgan fingerprint density at radius 2 is 2.25 bits per heavy atom. The van der Waals surface area contributed by atoms with Crippen molar-refractivity contribution in [1.82, 2.24) is 9.78 Å². The molecule has 0 fully saturated rings. The second-order valence-corrected chi connectivity index (χ2v) is 4.07. The Kier molecular flexibility index (Phi) is 5.02. The van der Waals surface area contributed by atoms with Gasteiger partial charge in [0.15, 0.2) is 0 Å². The smallest absolute Gasteiger partial charge is 0.311 e. The molecule has 4 heteroatoms. The molecule has 0 amide bonds. The molecule has 0 saturated heterocycles. The number of hydrogen-bond acceptors (Lipinski definition) is 2. The Labute approximate surface area is 96.3 Å². The van der Waals surface area contributed by atoms with Crippen molar-refractivity contribution in [2.24, 2.45) is 0 Å². The number of carboxylic acid groups (broad SMARTS) is 1. The second kappa shape index (κ2) is 6.30. The van der Waals surface area contributed by atoms with Crippen molar-refractivity contribution in [2.75, 3.05) is 0 Å². The second-order valence-electron chi connectivity index (χ2n) is 4.07. The summed E-state index contributed by atoms with van der Waals surface area (Å²) >= 11 is 0. The highest BCUT2D eigenvalue weighted by Gasteiger charge is 2.20. The van der Waals surface area contributed by atoms with Crippen molar-refractivity contribution in [2.45, 2.75) is 52.0 Å². The van der Waals surface area contributed by atoms with E-state index in [0.717, 1.165) is 31.4 Å². The standard InChI is InChI=1S/C12H20N2O2/c1-3-5-6-11(12(15)16)10-8-13-14(9-10)7-4-2/h8-9,11H,3-7H2,1-2H3,(H,15,16). The van der Waals surface area contributed by atoms with E-state index >= 15 is 0 Å². The van der Waals surface area contributed by atoms with Crippen LogP contribution in [0.2, 0.25) is 0 Å². The number of nitrogens with zero attached hydrogens (tertiary/aromatic N) is 2. The quantitative estimate of drug-likeness (QED) is 0.774. The van der Waals surface area contributed by atoms with Gasteiger partial charge in [-0.25, -0.2) is 0 Å². The SMILES string of the molecule is CCCCC(C(=O)O)c1cnn(CCC)c1. The van der Waals surface area contributed by atoms with Gasteiger partial charge in [-0.15, -0.1) is 0 Å². The number of aromatic nitrogens is 2. The van der Waals surface area contributed by atoms with Crippen molar-refractivity contribution >= 4 is 5.97 Å². The van der Waals surface area contributed by atoms with Crippen LogP contribution < -0.4 is 0 Å². The number of carbonyl (C=O) groups is 1. The van der Waals surface area contributed by atoms with Crippen LogP contribution in [0.4, 0.5) is 0 Å². The van der Waals surface area contributed by atoms with E-state index in [4.69, 9.17) is 5.11 Å². The van der Waals surface area contributed by atoms with Gasteiger partial charge in [0.2, 0.25) is 0 Å². The Hall–Kier alpha value is -1.32. The third-order valence-electron chi connectivity index (χ3n) is 2.65. The van der Waals surface area contributed by atoms with E-state index in [-0.39, 0.29) is 0 Å². The summed E-state index contributed by atoms with van der Waals surface area (Å²) in [5.41, 5.74) is 0.828. The molecular weight excluding hydrogens is 204 g/mol. The summed E-state index contributed by atoms with van der Waals surface area (Å²) in [7, 11) is 0. The number of aryl methyl sites for hydroxylation is 1. The van der Waals surface area contributed by atoms with E-state index in [9.17, 15) is 4.79 Å². The Morgan fingerprint density at radius 1 is 1.50 bits per heavy atom. The van der Waals surface area contributed by atoms with Gasteiger partial charge in [0.05, 0.1) is 12.1 Å². The van der Waals surface area contributed by atoms with Gasteiger partial charge >= 0.3 is 5.97 Å². The van der Waals surface area contributed by atoms with Gasteiger partial charge in [-0.3, -0.25) is 9.48 Å². The molecule has 1 aromatic rings. The molecule has 0 aliphatic heterocycles. The first-order valence-electron chi connectivity index (χ1n) is 5.94. The predicted octanol–water partition coefficient (Wildman–Crippen LogP) is 2.65. The van der Waals surface area contributed by atoms with Gasteiger partial charge in [-0.1, -0.05) is 26.7 Å². The van der Waals surface area contributed by atoms with Gasteiger partial charge in [0, 0.05) is 18.3 Å². The molecule has 1 atom stereocenters. The van der Waals surface area contributed by atoms with E-state index in [1.54, 1.807) is 6.20 Å². The minimum Gasteiger partial charge on any atom is -0.481 e. The minimum atomic E-state index is -0.746. The first kappa shape index (κ1) is 12.7. The van der Waals surface area contributed by atoms with Crippen LogP contribution in [0.25, 0.3) is 0 Å². The Morgan fingerprint density at radius 3 is 2.81 bits per heavy atom. The highest BCUT2D eigenvalue weighted by molar-refractivity contribution is 5.75. The lowest BCUT2D eigenvalue weighted by atomic mass is 9.96. The van der Waals surface area contributed by atoms with Crippen LogP contribution >= 0.6 is 0 Å². The predicted molar refractivity (Wildman–Crippen MR) is 62.4 cm³/mol. The first-order valence-corrected chi connectivity index (χ1v) is 5.94. The van der Waals surface area contributed by atoms with E-state index in [1.165, 1.54) is 0 Å². The maximum atomic E-state index is 11.1. The first-order chi connectivity index (χ1) is 7.69. The minimum absolute atomic E-state index is 0.398. The number of unbranched alkanes of at least 4 members (excludes halogenated alkanes) is 1. The number of aliphatic carboxylic acids is 1. The average molecular weight is 224 g/mol. The summed E-state index contributed by atoms with van der Waals surface area (Å²) in [4.78, 5) is 11.1. The molecule has 0 spiro atoms. The van der Waals surface area contributed by atoms with E-state index < -0.39 is 11.9 Å². The van der Waals surface area contributed by atoms with Crippen LogP contribution in [-0.4, -0.2) is 20.9 Å². The van der Waals surface area contributed by atoms with Crippen molar-refractivity contribution in [1.29, 1.82) is 0 Å². The summed E-state index contributed by atoms with van der Waals surface area (Å²) in [6, 6.07) is 0. The lowest BCUT2D eigenvalue weighted by Gasteiger charge is -2.08. The molecule has 4 nitrogen and oxygen atoms in total. The molecule has 1 heterocycles. The van der Waals surface area contributed by atoms with Crippen LogP contribution in [0.15, 0.2) is 12.4 Å². The molecule has 0 aliphatic rings. The maximum absolute atomic E-state index is 11.1. The lowest BCUT2D eigenvalue weighted by Crippen LogP contribution is -2.11. The van der Waals surface area contributed by atoms with Crippen molar-refractivity contribution in [3.63, 3.8) is 0 Å². The van der Waals surface area contributed by atoms with E-state index in [2.05, 4.69) is 18.9 Å². The van der Waals surface area contributed by atoms with Gasteiger partial charge in [0.25, 0.3) is 0 Å². The maximum Gasteiger partial charge on any atom is 0.311 e. The normalized spacial score (nSPS) is 12.6. The van der Waals surface area contributed by atoms with Gasteiger partial charge in [-0.05, 0) is 12.8 Å². The molecule has 0 saturated carbocycles. The molecule has 0 radical (unpaired) electrons. The van der Waals surface area contributed by atoms with E-state index in [0.29, 0.717) is 6.42 Å². The molecule has 1 rings (SSSR count). The highest BCUT2D eigenvalue weighted by atomic mass is 16.4. The fraction of sp³-hybridized carbons (Fsp3) is 0.667. The molecule has 1 aromatic heterocycles. The van der Waals surface area contributed by atoms with Crippen molar-refractivity contribution < 1.29 is 9.90 Å². The molecule has 1 N–H and O–H groups in total. The summed E-state index contributed by atoms with van der Waals surface area (Å²) in [5, 5.41) is 13.3. The molecule has 0 aliphatic carbocycles. The Bertz CT molecular complexity index is 334.